The first kappa shape index (κ1) is 14.8. The number of methoxy groups -OCH3 is 1. The predicted molar refractivity (Wildman–Crippen MR) is 75.4 cm³/mol. The summed E-state index contributed by atoms with van der Waals surface area (Å²) in [5.74, 6) is 0.624. The lowest BCUT2D eigenvalue weighted by Crippen LogP contribution is -2.41. The van der Waals surface area contributed by atoms with E-state index < -0.39 is 0 Å². The standard InChI is InChI=1S/C15H22N2O3/c1-3-13-12(5-4-8-20-13)15(18)17-10-11-6-7-14(19-2)16-9-11/h6-7,9,12-13H,3-5,8,10H2,1-2H3,(H,17,18). The van der Waals surface area contributed by atoms with E-state index in [1.165, 1.54) is 0 Å². The zero-order valence-electron chi connectivity index (χ0n) is 12.1. The summed E-state index contributed by atoms with van der Waals surface area (Å²) in [4.78, 5) is 16.3. The van der Waals surface area contributed by atoms with Gasteiger partial charge in [0.2, 0.25) is 11.8 Å². The minimum absolute atomic E-state index is 0.0278. The van der Waals surface area contributed by atoms with Gasteiger partial charge in [-0.2, -0.15) is 0 Å². The van der Waals surface area contributed by atoms with Gasteiger partial charge >= 0.3 is 0 Å². The Labute approximate surface area is 119 Å². The van der Waals surface area contributed by atoms with Crippen molar-refractivity contribution in [3.63, 3.8) is 0 Å². The Bertz CT molecular complexity index is 433. The molecule has 2 atom stereocenters. The number of hydrogen-bond acceptors (Lipinski definition) is 4. The van der Waals surface area contributed by atoms with Crippen LogP contribution >= 0.6 is 0 Å². The molecule has 5 heteroatoms. The number of nitrogens with one attached hydrogen (secondary N) is 1. The van der Waals surface area contributed by atoms with Crippen LogP contribution in [0.25, 0.3) is 0 Å². The Balaban J connectivity index is 1.87. The molecule has 0 aromatic carbocycles. The third-order valence-corrected chi connectivity index (χ3v) is 3.65. The molecule has 1 aromatic rings. The van der Waals surface area contributed by atoms with E-state index in [0.717, 1.165) is 31.4 Å². The molecule has 1 aliphatic heterocycles. The zero-order chi connectivity index (χ0) is 14.4. The largest absolute Gasteiger partial charge is 0.481 e. The smallest absolute Gasteiger partial charge is 0.226 e. The molecule has 2 rings (SSSR count). The fourth-order valence-electron chi connectivity index (χ4n) is 2.50. The minimum Gasteiger partial charge on any atom is -0.481 e. The molecule has 1 fully saturated rings. The maximum atomic E-state index is 12.2. The van der Waals surface area contributed by atoms with E-state index in [1.807, 2.05) is 6.07 Å². The molecule has 1 aliphatic rings. The van der Waals surface area contributed by atoms with Crippen molar-refractivity contribution in [1.82, 2.24) is 10.3 Å². The summed E-state index contributed by atoms with van der Waals surface area (Å²) < 4.78 is 10.7. The van der Waals surface area contributed by atoms with Gasteiger partial charge in [0, 0.05) is 25.4 Å². The van der Waals surface area contributed by atoms with Crippen LogP contribution in [0.1, 0.15) is 31.7 Å². The zero-order valence-corrected chi connectivity index (χ0v) is 12.1. The monoisotopic (exact) mass is 278 g/mol. The van der Waals surface area contributed by atoms with Gasteiger partial charge in [0.15, 0.2) is 0 Å². The van der Waals surface area contributed by atoms with Crippen LogP contribution in [0.3, 0.4) is 0 Å². The number of pyridine rings is 1. The molecular weight excluding hydrogens is 256 g/mol. The lowest BCUT2D eigenvalue weighted by Gasteiger charge is -2.30. The average Bonchev–Trinajstić information content (AvgIpc) is 2.53. The molecule has 2 heterocycles. The van der Waals surface area contributed by atoms with E-state index in [-0.39, 0.29) is 17.9 Å². The van der Waals surface area contributed by atoms with Gasteiger partial charge in [0.05, 0.1) is 19.1 Å². The van der Waals surface area contributed by atoms with Gasteiger partial charge in [-0.3, -0.25) is 4.79 Å². The summed E-state index contributed by atoms with van der Waals surface area (Å²) >= 11 is 0. The Kier molecular flexibility index (Phi) is 5.35. The van der Waals surface area contributed by atoms with Crippen LogP contribution in [-0.2, 0) is 16.1 Å². The maximum absolute atomic E-state index is 12.2. The molecule has 0 spiro atoms. The van der Waals surface area contributed by atoms with Crippen molar-refractivity contribution in [3.05, 3.63) is 23.9 Å². The Morgan fingerprint density at radius 3 is 3.05 bits per heavy atom. The highest BCUT2D eigenvalue weighted by Crippen LogP contribution is 2.23. The van der Waals surface area contributed by atoms with E-state index in [9.17, 15) is 4.79 Å². The second-order valence-corrected chi connectivity index (χ2v) is 4.99. The first-order chi connectivity index (χ1) is 9.74. The van der Waals surface area contributed by atoms with Gasteiger partial charge in [-0.1, -0.05) is 13.0 Å². The summed E-state index contributed by atoms with van der Waals surface area (Å²) in [7, 11) is 1.58. The van der Waals surface area contributed by atoms with Gasteiger partial charge < -0.3 is 14.8 Å². The van der Waals surface area contributed by atoms with Crippen molar-refractivity contribution in [2.45, 2.75) is 38.8 Å². The number of rotatable bonds is 5. The van der Waals surface area contributed by atoms with Crippen LogP contribution in [0.5, 0.6) is 5.88 Å². The molecule has 1 saturated heterocycles. The molecule has 1 N–H and O–H groups in total. The van der Waals surface area contributed by atoms with E-state index in [0.29, 0.717) is 12.4 Å². The van der Waals surface area contributed by atoms with Crippen LogP contribution in [0.2, 0.25) is 0 Å². The molecule has 110 valence electrons. The lowest BCUT2D eigenvalue weighted by molar-refractivity contribution is -0.134. The van der Waals surface area contributed by atoms with Crippen molar-refractivity contribution in [2.24, 2.45) is 5.92 Å². The number of aromatic nitrogens is 1. The number of hydrogen-bond donors (Lipinski definition) is 1. The highest BCUT2D eigenvalue weighted by Gasteiger charge is 2.30. The summed E-state index contributed by atoms with van der Waals surface area (Å²) in [6, 6.07) is 3.70. The molecule has 0 radical (unpaired) electrons. The predicted octanol–water partition coefficient (Wildman–Crippen LogP) is 1.91. The van der Waals surface area contributed by atoms with E-state index in [2.05, 4.69) is 17.2 Å². The Morgan fingerprint density at radius 2 is 2.40 bits per heavy atom. The Morgan fingerprint density at radius 1 is 1.55 bits per heavy atom. The van der Waals surface area contributed by atoms with Crippen LogP contribution in [0.15, 0.2) is 18.3 Å². The highest BCUT2D eigenvalue weighted by atomic mass is 16.5. The van der Waals surface area contributed by atoms with Crippen molar-refractivity contribution in [3.8, 4) is 5.88 Å². The van der Waals surface area contributed by atoms with Crippen LogP contribution in [0.4, 0.5) is 0 Å². The fraction of sp³-hybridized carbons (Fsp3) is 0.600. The van der Waals surface area contributed by atoms with Gasteiger partial charge in [-0.25, -0.2) is 4.98 Å². The molecule has 2 unspecified atom stereocenters. The normalized spacial score (nSPS) is 22.3. The van der Waals surface area contributed by atoms with E-state index >= 15 is 0 Å². The van der Waals surface area contributed by atoms with Gasteiger partial charge in [0.25, 0.3) is 0 Å². The number of ether oxygens (including phenoxy) is 2. The molecule has 20 heavy (non-hydrogen) atoms. The average molecular weight is 278 g/mol. The molecule has 1 aromatic heterocycles. The molecule has 1 amide bonds. The highest BCUT2D eigenvalue weighted by molar-refractivity contribution is 5.79. The Hall–Kier alpha value is -1.62. The van der Waals surface area contributed by atoms with Gasteiger partial charge in [-0.15, -0.1) is 0 Å². The van der Waals surface area contributed by atoms with Crippen LogP contribution in [-0.4, -0.2) is 30.7 Å². The van der Waals surface area contributed by atoms with Crippen molar-refractivity contribution >= 4 is 5.91 Å². The second kappa shape index (κ2) is 7.24. The minimum atomic E-state index is -0.0278. The van der Waals surface area contributed by atoms with Gasteiger partial charge in [-0.05, 0) is 24.8 Å². The summed E-state index contributed by atoms with van der Waals surface area (Å²) in [6.07, 6.45) is 4.51. The van der Waals surface area contributed by atoms with E-state index in [1.54, 1.807) is 19.4 Å². The van der Waals surface area contributed by atoms with Crippen molar-refractivity contribution in [2.75, 3.05) is 13.7 Å². The number of carbonyl (C=O) groups excluding carboxylic acids is 1. The van der Waals surface area contributed by atoms with Crippen molar-refractivity contribution in [1.29, 1.82) is 0 Å². The molecule has 0 aliphatic carbocycles. The second-order valence-electron chi connectivity index (χ2n) is 4.99. The van der Waals surface area contributed by atoms with E-state index in [4.69, 9.17) is 9.47 Å². The topological polar surface area (TPSA) is 60.5 Å². The molecule has 5 nitrogen and oxygen atoms in total. The molecule has 0 bridgehead atoms. The first-order valence-corrected chi connectivity index (χ1v) is 7.12. The van der Waals surface area contributed by atoms with Crippen LogP contribution in [0, 0.1) is 5.92 Å². The number of amides is 1. The lowest BCUT2D eigenvalue weighted by atomic mass is 9.92. The van der Waals surface area contributed by atoms with Gasteiger partial charge in [0.1, 0.15) is 0 Å². The SMILES string of the molecule is CCC1OCCCC1C(=O)NCc1ccc(OC)nc1. The quantitative estimate of drug-likeness (QED) is 0.894. The molecular formula is C15H22N2O3. The summed E-state index contributed by atoms with van der Waals surface area (Å²) in [5.41, 5.74) is 0.962. The number of carbonyl (C=O) groups is 1. The third-order valence-electron chi connectivity index (χ3n) is 3.65. The van der Waals surface area contributed by atoms with Crippen LogP contribution < -0.4 is 10.1 Å². The summed E-state index contributed by atoms with van der Waals surface area (Å²) in [6.45, 7) is 3.32. The molecule has 0 saturated carbocycles. The first-order valence-electron chi connectivity index (χ1n) is 7.12. The maximum Gasteiger partial charge on any atom is 0.226 e. The van der Waals surface area contributed by atoms with Crippen molar-refractivity contribution < 1.29 is 14.3 Å². The third kappa shape index (κ3) is 3.70. The number of nitrogens with zero attached hydrogens (tertiary/aromatic N) is 1. The summed E-state index contributed by atoms with van der Waals surface area (Å²) in [5, 5.41) is 2.97. The fourth-order valence-corrected chi connectivity index (χ4v) is 2.50.